The summed E-state index contributed by atoms with van der Waals surface area (Å²) in [5.41, 5.74) is -1.14. The molecule has 0 heterocycles. The smallest absolute Gasteiger partial charge is 0.318 e. The molecule has 12 heteroatoms. The molecule has 3 nitrogen and oxygen atoms in total. The third kappa shape index (κ3) is 4.18. The fourth-order valence-electron chi connectivity index (χ4n) is 1.26. The standard InChI is InChI=1S/C10H5F9N2O/c11-3-1-2-4(6(13)5(3)12)20-8(22)21-7(9(14,15)16)10(17,18)19/h1-2,7H,(H2,20,21,22). The maximum absolute atomic E-state index is 13.1. The third-order valence-electron chi connectivity index (χ3n) is 2.21. The van der Waals surface area contributed by atoms with Crippen LogP contribution < -0.4 is 10.6 Å². The molecule has 0 unspecified atom stereocenters. The first-order valence-corrected chi connectivity index (χ1v) is 5.18. The van der Waals surface area contributed by atoms with Crippen molar-refractivity contribution in [3.8, 4) is 0 Å². The van der Waals surface area contributed by atoms with Gasteiger partial charge >= 0.3 is 18.4 Å². The van der Waals surface area contributed by atoms with E-state index >= 15 is 0 Å². The quantitative estimate of drug-likeness (QED) is 0.625. The summed E-state index contributed by atoms with van der Waals surface area (Å²) in [6, 6.07) is -5.58. The second-order valence-electron chi connectivity index (χ2n) is 3.84. The van der Waals surface area contributed by atoms with Crippen LogP contribution in [0.4, 0.5) is 50.0 Å². The maximum Gasteiger partial charge on any atom is 0.417 e. The van der Waals surface area contributed by atoms with Crippen molar-refractivity contribution in [3.63, 3.8) is 0 Å². The van der Waals surface area contributed by atoms with Gasteiger partial charge in [-0.15, -0.1) is 0 Å². The van der Waals surface area contributed by atoms with Crippen LogP contribution in [0.3, 0.4) is 0 Å². The van der Waals surface area contributed by atoms with E-state index in [9.17, 15) is 44.3 Å². The van der Waals surface area contributed by atoms with Crippen LogP contribution in [0.2, 0.25) is 0 Å². The van der Waals surface area contributed by atoms with Crippen molar-refractivity contribution in [2.75, 3.05) is 5.32 Å². The van der Waals surface area contributed by atoms with E-state index in [2.05, 4.69) is 0 Å². The predicted molar refractivity (Wildman–Crippen MR) is 54.4 cm³/mol. The van der Waals surface area contributed by atoms with E-state index in [0.29, 0.717) is 17.4 Å². The van der Waals surface area contributed by atoms with Crippen molar-refractivity contribution in [3.05, 3.63) is 29.6 Å². The van der Waals surface area contributed by atoms with E-state index in [1.165, 1.54) is 5.32 Å². The molecule has 0 bridgehead atoms. The normalized spacial score (nSPS) is 12.5. The first-order valence-electron chi connectivity index (χ1n) is 5.18. The van der Waals surface area contributed by atoms with E-state index in [1.807, 2.05) is 0 Å². The van der Waals surface area contributed by atoms with Crippen LogP contribution in [0.15, 0.2) is 12.1 Å². The van der Waals surface area contributed by atoms with Crippen molar-refractivity contribution in [1.29, 1.82) is 0 Å². The Bertz CT molecular complexity index is 553. The highest BCUT2D eigenvalue weighted by molar-refractivity contribution is 5.89. The molecule has 0 radical (unpaired) electrons. The van der Waals surface area contributed by atoms with Crippen LogP contribution in [-0.4, -0.2) is 24.4 Å². The van der Waals surface area contributed by atoms with Gasteiger partial charge in [-0.25, -0.2) is 18.0 Å². The van der Waals surface area contributed by atoms with Crippen LogP contribution in [-0.2, 0) is 0 Å². The third-order valence-corrected chi connectivity index (χ3v) is 2.21. The number of carbonyl (C=O) groups is 1. The molecule has 0 aliphatic rings. The Kier molecular flexibility index (Phi) is 4.82. The molecule has 1 aromatic rings. The first kappa shape index (κ1) is 17.9. The number of urea groups is 1. The van der Waals surface area contributed by atoms with Gasteiger partial charge in [0.25, 0.3) is 0 Å². The largest absolute Gasteiger partial charge is 0.417 e. The number of alkyl halides is 6. The number of amides is 2. The van der Waals surface area contributed by atoms with Crippen molar-refractivity contribution < 1.29 is 44.3 Å². The number of hydrogen-bond acceptors (Lipinski definition) is 1. The van der Waals surface area contributed by atoms with Gasteiger partial charge in [-0.1, -0.05) is 0 Å². The fourth-order valence-corrected chi connectivity index (χ4v) is 1.26. The molecular weight excluding hydrogens is 335 g/mol. The summed E-state index contributed by atoms with van der Waals surface area (Å²) in [6.07, 6.45) is -11.7. The second kappa shape index (κ2) is 5.93. The van der Waals surface area contributed by atoms with E-state index in [4.69, 9.17) is 0 Å². The summed E-state index contributed by atoms with van der Waals surface area (Å²) in [6.45, 7) is 0. The zero-order chi connectivity index (χ0) is 17.3. The van der Waals surface area contributed by atoms with Crippen molar-refractivity contribution in [2.24, 2.45) is 0 Å². The summed E-state index contributed by atoms with van der Waals surface area (Å²) >= 11 is 0. The molecular formula is C10H5F9N2O. The Balaban J connectivity index is 2.92. The minimum Gasteiger partial charge on any atom is -0.318 e. The second-order valence-corrected chi connectivity index (χ2v) is 3.84. The van der Waals surface area contributed by atoms with Crippen molar-refractivity contribution in [2.45, 2.75) is 18.4 Å². The lowest BCUT2D eigenvalue weighted by molar-refractivity contribution is -0.255. The molecule has 0 saturated carbocycles. The van der Waals surface area contributed by atoms with E-state index in [1.54, 1.807) is 0 Å². The highest BCUT2D eigenvalue weighted by Crippen LogP contribution is 2.33. The maximum atomic E-state index is 13.1. The van der Waals surface area contributed by atoms with Gasteiger partial charge in [-0.3, -0.25) is 0 Å². The summed E-state index contributed by atoms with van der Waals surface area (Å²) in [5, 5.41) is 1.74. The monoisotopic (exact) mass is 340 g/mol. The molecule has 0 aliphatic heterocycles. The number of benzene rings is 1. The zero-order valence-corrected chi connectivity index (χ0v) is 10.0. The van der Waals surface area contributed by atoms with Gasteiger partial charge in [0.15, 0.2) is 17.5 Å². The molecule has 0 aliphatic carbocycles. The van der Waals surface area contributed by atoms with E-state index in [0.717, 1.165) is 0 Å². The Labute approximate surface area is 116 Å². The number of hydrogen-bond donors (Lipinski definition) is 2. The molecule has 2 amide bonds. The van der Waals surface area contributed by atoms with Gasteiger partial charge in [0, 0.05) is 0 Å². The first-order chi connectivity index (χ1) is 9.84. The Morgan fingerprint density at radius 3 is 1.86 bits per heavy atom. The highest BCUT2D eigenvalue weighted by atomic mass is 19.4. The molecule has 0 spiro atoms. The van der Waals surface area contributed by atoms with Crippen LogP contribution in [0, 0.1) is 17.5 Å². The van der Waals surface area contributed by atoms with E-state index in [-0.39, 0.29) is 0 Å². The fraction of sp³-hybridized carbons (Fsp3) is 0.300. The van der Waals surface area contributed by atoms with Gasteiger partial charge < -0.3 is 10.6 Å². The van der Waals surface area contributed by atoms with Crippen LogP contribution in [0.1, 0.15) is 0 Å². The summed E-state index contributed by atoms with van der Waals surface area (Å²) in [5.74, 6) is -5.70. The van der Waals surface area contributed by atoms with Gasteiger partial charge in [0.1, 0.15) is 0 Å². The lowest BCUT2D eigenvalue weighted by atomic mass is 10.2. The lowest BCUT2D eigenvalue weighted by Crippen LogP contribution is -2.55. The summed E-state index contributed by atoms with van der Waals surface area (Å²) < 4.78 is 111. The highest BCUT2D eigenvalue weighted by Gasteiger charge is 2.57. The predicted octanol–water partition coefficient (Wildman–Crippen LogP) is 3.72. The average molecular weight is 340 g/mol. The van der Waals surface area contributed by atoms with Gasteiger partial charge in [0.2, 0.25) is 6.04 Å². The van der Waals surface area contributed by atoms with Gasteiger partial charge in [0.05, 0.1) is 5.69 Å². The number of carbonyl (C=O) groups excluding carboxylic acids is 1. The molecule has 0 aromatic heterocycles. The van der Waals surface area contributed by atoms with Crippen LogP contribution >= 0.6 is 0 Å². The van der Waals surface area contributed by atoms with Crippen LogP contribution in [0.25, 0.3) is 0 Å². The number of anilines is 1. The van der Waals surface area contributed by atoms with Gasteiger partial charge in [-0.05, 0) is 12.1 Å². The zero-order valence-electron chi connectivity index (χ0n) is 10.0. The van der Waals surface area contributed by atoms with Crippen molar-refractivity contribution in [1.82, 2.24) is 5.32 Å². The lowest BCUT2D eigenvalue weighted by Gasteiger charge is -2.24. The number of rotatable bonds is 2. The van der Waals surface area contributed by atoms with Gasteiger partial charge in [-0.2, -0.15) is 26.3 Å². The molecule has 0 saturated heterocycles. The average Bonchev–Trinajstić information content (AvgIpc) is 2.34. The minimum absolute atomic E-state index is 0.318. The molecule has 0 fully saturated rings. The van der Waals surface area contributed by atoms with Crippen LogP contribution in [0.5, 0.6) is 0 Å². The molecule has 0 atom stereocenters. The number of nitrogens with one attached hydrogen (secondary N) is 2. The Morgan fingerprint density at radius 1 is 0.909 bits per heavy atom. The molecule has 2 N–H and O–H groups in total. The Hall–Kier alpha value is -2.14. The molecule has 1 rings (SSSR count). The molecule has 124 valence electrons. The summed E-state index contributed by atoms with van der Waals surface area (Å²) in [7, 11) is 0. The molecule has 1 aromatic carbocycles. The number of halogens is 9. The summed E-state index contributed by atoms with van der Waals surface area (Å²) in [4.78, 5) is 11.1. The van der Waals surface area contributed by atoms with E-state index < -0.39 is 47.6 Å². The van der Waals surface area contributed by atoms with Crippen molar-refractivity contribution >= 4 is 11.7 Å². The SMILES string of the molecule is O=C(Nc1ccc(F)c(F)c1F)NC(C(F)(F)F)C(F)(F)F. The minimum atomic E-state index is -5.86. The Morgan fingerprint density at radius 2 is 1.41 bits per heavy atom. The topological polar surface area (TPSA) is 41.1 Å². The molecule has 22 heavy (non-hydrogen) atoms.